The summed E-state index contributed by atoms with van der Waals surface area (Å²) in [6, 6.07) is 15.7. The van der Waals surface area contributed by atoms with Gasteiger partial charge in [0.15, 0.2) is 0 Å². The summed E-state index contributed by atoms with van der Waals surface area (Å²) in [6.07, 6.45) is 0. The maximum absolute atomic E-state index is 12.4. The van der Waals surface area contributed by atoms with Crippen LogP contribution >= 0.6 is 15.9 Å². The SMILES string of the molecule is O=C1C(=O)N(Cc2ccccc2)C(=O)N1CCOc1cccc(Br)c1. The molecule has 1 aliphatic rings. The lowest BCUT2D eigenvalue weighted by molar-refractivity contribution is -0.143. The molecule has 25 heavy (non-hydrogen) atoms. The molecule has 0 radical (unpaired) electrons. The summed E-state index contributed by atoms with van der Waals surface area (Å²) in [5.41, 5.74) is 0.782. The number of benzene rings is 2. The van der Waals surface area contributed by atoms with Gasteiger partial charge in [0.2, 0.25) is 0 Å². The van der Waals surface area contributed by atoms with Crippen LogP contribution < -0.4 is 4.74 Å². The molecule has 1 fully saturated rings. The highest BCUT2D eigenvalue weighted by Crippen LogP contribution is 2.19. The summed E-state index contributed by atoms with van der Waals surface area (Å²) >= 11 is 3.34. The van der Waals surface area contributed by atoms with Gasteiger partial charge in [0, 0.05) is 4.47 Å². The molecule has 0 atom stereocenters. The second-order valence-corrected chi connectivity index (χ2v) is 6.34. The first kappa shape index (κ1) is 17.2. The molecule has 128 valence electrons. The van der Waals surface area contributed by atoms with Gasteiger partial charge in [-0.15, -0.1) is 0 Å². The highest BCUT2D eigenvalue weighted by molar-refractivity contribution is 9.10. The van der Waals surface area contributed by atoms with Crippen LogP contribution in [0.3, 0.4) is 0 Å². The fraction of sp³-hybridized carbons (Fsp3) is 0.167. The Bertz CT molecular complexity index is 810. The molecule has 6 nitrogen and oxygen atoms in total. The van der Waals surface area contributed by atoms with E-state index in [0.717, 1.165) is 19.8 Å². The Morgan fingerprint density at radius 3 is 2.32 bits per heavy atom. The Hall–Kier alpha value is -2.67. The number of hydrogen-bond acceptors (Lipinski definition) is 4. The van der Waals surface area contributed by atoms with E-state index in [-0.39, 0.29) is 19.7 Å². The molecule has 0 N–H and O–H groups in total. The van der Waals surface area contributed by atoms with E-state index >= 15 is 0 Å². The second kappa shape index (κ2) is 7.48. The van der Waals surface area contributed by atoms with Crippen LogP contribution in [0.15, 0.2) is 59.1 Å². The normalized spacial score (nSPS) is 14.4. The predicted octanol–water partition coefficient (Wildman–Crippen LogP) is 2.82. The molecule has 2 aromatic rings. The lowest BCUT2D eigenvalue weighted by Crippen LogP contribution is -2.35. The van der Waals surface area contributed by atoms with Crippen LogP contribution in [0.2, 0.25) is 0 Å². The van der Waals surface area contributed by atoms with Crippen LogP contribution in [0.25, 0.3) is 0 Å². The van der Waals surface area contributed by atoms with Gasteiger partial charge in [-0.3, -0.25) is 19.4 Å². The third kappa shape index (κ3) is 3.88. The number of urea groups is 1. The van der Waals surface area contributed by atoms with E-state index in [9.17, 15) is 14.4 Å². The highest BCUT2D eigenvalue weighted by Gasteiger charge is 2.44. The van der Waals surface area contributed by atoms with Crippen molar-refractivity contribution in [1.29, 1.82) is 0 Å². The van der Waals surface area contributed by atoms with E-state index in [1.165, 1.54) is 0 Å². The number of nitrogens with zero attached hydrogens (tertiary/aromatic N) is 2. The number of carbonyl (C=O) groups excluding carboxylic acids is 3. The molecular weight excluding hydrogens is 388 g/mol. The summed E-state index contributed by atoms with van der Waals surface area (Å²) in [4.78, 5) is 38.4. The molecule has 0 unspecified atom stereocenters. The highest BCUT2D eigenvalue weighted by atomic mass is 79.9. The first-order valence-electron chi connectivity index (χ1n) is 7.66. The lowest BCUT2D eigenvalue weighted by atomic mass is 10.2. The Balaban J connectivity index is 1.61. The average molecular weight is 403 g/mol. The van der Waals surface area contributed by atoms with Gasteiger partial charge in [0.1, 0.15) is 12.4 Å². The number of imide groups is 2. The van der Waals surface area contributed by atoms with Gasteiger partial charge in [-0.1, -0.05) is 52.3 Å². The van der Waals surface area contributed by atoms with Gasteiger partial charge in [0.25, 0.3) is 0 Å². The minimum atomic E-state index is -0.821. The molecule has 1 heterocycles. The van der Waals surface area contributed by atoms with Gasteiger partial charge in [-0.25, -0.2) is 4.79 Å². The van der Waals surface area contributed by atoms with Gasteiger partial charge >= 0.3 is 17.8 Å². The number of amides is 4. The van der Waals surface area contributed by atoms with E-state index in [4.69, 9.17) is 4.74 Å². The zero-order valence-corrected chi connectivity index (χ0v) is 14.8. The van der Waals surface area contributed by atoms with Crippen molar-refractivity contribution in [3.63, 3.8) is 0 Å². The molecule has 7 heteroatoms. The Labute approximate surface area is 153 Å². The van der Waals surface area contributed by atoms with Gasteiger partial charge in [0.05, 0.1) is 13.1 Å². The van der Waals surface area contributed by atoms with Gasteiger partial charge < -0.3 is 4.74 Å². The van der Waals surface area contributed by atoms with Crippen molar-refractivity contribution in [1.82, 2.24) is 9.80 Å². The zero-order valence-electron chi connectivity index (χ0n) is 13.2. The molecule has 0 aromatic heterocycles. The number of ether oxygens (including phenoxy) is 1. The summed E-state index contributed by atoms with van der Waals surface area (Å²) in [5, 5.41) is 0. The smallest absolute Gasteiger partial charge is 0.334 e. The van der Waals surface area contributed by atoms with Gasteiger partial charge in [-0.05, 0) is 23.8 Å². The van der Waals surface area contributed by atoms with E-state index in [0.29, 0.717) is 5.75 Å². The average Bonchev–Trinajstić information content (AvgIpc) is 2.81. The summed E-state index contributed by atoms with van der Waals surface area (Å²) in [7, 11) is 0. The summed E-state index contributed by atoms with van der Waals surface area (Å²) < 4.78 is 6.39. The van der Waals surface area contributed by atoms with Crippen molar-refractivity contribution in [3.05, 3.63) is 64.6 Å². The van der Waals surface area contributed by atoms with E-state index < -0.39 is 17.8 Å². The molecule has 0 aliphatic carbocycles. The standard InChI is InChI=1S/C18H15BrN2O4/c19-14-7-4-8-15(11-14)25-10-9-20-16(22)17(23)21(18(20)24)12-13-5-2-1-3-6-13/h1-8,11H,9-10,12H2. The number of hydrogen-bond donors (Lipinski definition) is 0. The molecule has 0 saturated carbocycles. The van der Waals surface area contributed by atoms with Crippen molar-refractivity contribution < 1.29 is 19.1 Å². The number of carbonyl (C=O) groups is 3. The van der Waals surface area contributed by atoms with Crippen molar-refractivity contribution in [2.24, 2.45) is 0 Å². The Morgan fingerprint density at radius 2 is 1.60 bits per heavy atom. The van der Waals surface area contributed by atoms with Crippen LogP contribution in [0.4, 0.5) is 4.79 Å². The lowest BCUT2D eigenvalue weighted by Gasteiger charge is -2.16. The van der Waals surface area contributed by atoms with Crippen LogP contribution in [0.1, 0.15) is 5.56 Å². The van der Waals surface area contributed by atoms with E-state index in [1.807, 2.05) is 30.3 Å². The zero-order chi connectivity index (χ0) is 17.8. The van der Waals surface area contributed by atoms with Crippen molar-refractivity contribution >= 4 is 33.8 Å². The van der Waals surface area contributed by atoms with Crippen LogP contribution in [0.5, 0.6) is 5.75 Å². The third-order valence-corrected chi connectivity index (χ3v) is 4.19. The molecule has 3 rings (SSSR count). The van der Waals surface area contributed by atoms with Crippen molar-refractivity contribution in [2.45, 2.75) is 6.54 Å². The fourth-order valence-corrected chi connectivity index (χ4v) is 2.84. The molecule has 4 amide bonds. The predicted molar refractivity (Wildman–Crippen MR) is 93.7 cm³/mol. The second-order valence-electron chi connectivity index (χ2n) is 5.42. The first-order chi connectivity index (χ1) is 12.1. The third-order valence-electron chi connectivity index (χ3n) is 3.70. The monoisotopic (exact) mass is 402 g/mol. The molecule has 1 aliphatic heterocycles. The first-order valence-corrected chi connectivity index (χ1v) is 8.45. The number of halogens is 1. The maximum atomic E-state index is 12.4. The quantitative estimate of drug-likeness (QED) is 0.550. The van der Waals surface area contributed by atoms with E-state index in [1.54, 1.807) is 24.3 Å². The molecule has 0 spiro atoms. The molecule has 1 saturated heterocycles. The Kier molecular flexibility index (Phi) is 5.14. The van der Waals surface area contributed by atoms with Crippen molar-refractivity contribution in [3.8, 4) is 5.75 Å². The van der Waals surface area contributed by atoms with Crippen LogP contribution in [-0.2, 0) is 16.1 Å². The van der Waals surface area contributed by atoms with Crippen LogP contribution in [-0.4, -0.2) is 40.8 Å². The largest absolute Gasteiger partial charge is 0.492 e. The fourth-order valence-electron chi connectivity index (χ4n) is 2.46. The molecule has 0 bridgehead atoms. The molecular formula is C18H15BrN2O4. The number of rotatable bonds is 6. The maximum Gasteiger partial charge on any atom is 0.334 e. The Morgan fingerprint density at radius 1 is 0.880 bits per heavy atom. The van der Waals surface area contributed by atoms with E-state index in [2.05, 4.69) is 15.9 Å². The molecule has 2 aromatic carbocycles. The van der Waals surface area contributed by atoms with Gasteiger partial charge in [-0.2, -0.15) is 0 Å². The summed E-state index contributed by atoms with van der Waals surface area (Å²) in [6.45, 7) is 0.203. The topological polar surface area (TPSA) is 66.9 Å². The summed E-state index contributed by atoms with van der Waals surface area (Å²) in [5.74, 6) is -1.02. The van der Waals surface area contributed by atoms with Crippen molar-refractivity contribution in [2.75, 3.05) is 13.2 Å². The minimum Gasteiger partial charge on any atom is -0.492 e. The van der Waals surface area contributed by atoms with Crippen LogP contribution in [0, 0.1) is 0 Å². The minimum absolute atomic E-state index is 0.0151.